The fourth-order valence-corrected chi connectivity index (χ4v) is 1.92. The van der Waals surface area contributed by atoms with Gasteiger partial charge in [0.15, 0.2) is 0 Å². The number of thioether (sulfide) groups is 1. The van der Waals surface area contributed by atoms with Gasteiger partial charge in [0.25, 0.3) is 0 Å². The van der Waals surface area contributed by atoms with E-state index < -0.39 is 0 Å². The van der Waals surface area contributed by atoms with Gasteiger partial charge in [0, 0.05) is 19.3 Å². The van der Waals surface area contributed by atoms with Crippen LogP contribution in [0.4, 0.5) is 5.69 Å². The summed E-state index contributed by atoms with van der Waals surface area (Å²) in [6.45, 7) is 4.74. The number of carbonyl (C=O) groups is 1. The first-order valence-electron chi connectivity index (χ1n) is 5.49. The van der Waals surface area contributed by atoms with Crippen molar-refractivity contribution in [3.05, 3.63) is 11.4 Å². The summed E-state index contributed by atoms with van der Waals surface area (Å²) < 4.78 is 1.67. The topological polar surface area (TPSA) is 64.2 Å². The number of likely N-dealkylation sites (N-methyl/N-ethyl adjacent to an activating group) is 1. The zero-order valence-corrected chi connectivity index (χ0v) is 11.7. The third-order valence-electron chi connectivity index (χ3n) is 2.78. The van der Waals surface area contributed by atoms with Crippen LogP contribution < -0.4 is 5.73 Å². The normalized spacial score (nSPS) is 10.6. The predicted molar refractivity (Wildman–Crippen MR) is 72.1 cm³/mol. The van der Waals surface area contributed by atoms with Gasteiger partial charge in [-0.2, -0.15) is 16.9 Å². The predicted octanol–water partition coefficient (Wildman–Crippen LogP) is 0.904. The smallest absolute Gasteiger partial charge is 0.244 e. The van der Waals surface area contributed by atoms with E-state index in [0.717, 1.165) is 23.7 Å². The zero-order chi connectivity index (χ0) is 13.0. The molecule has 0 saturated carbocycles. The van der Waals surface area contributed by atoms with Crippen LogP contribution in [0.1, 0.15) is 11.4 Å². The van der Waals surface area contributed by atoms with E-state index in [4.69, 9.17) is 5.73 Å². The van der Waals surface area contributed by atoms with Gasteiger partial charge in [0.1, 0.15) is 6.54 Å². The number of amides is 1. The van der Waals surface area contributed by atoms with Gasteiger partial charge in [-0.15, -0.1) is 0 Å². The largest absolute Gasteiger partial charge is 0.396 e. The number of aromatic nitrogens is 2. The summed E-state index contributed by atoms with van der Waals surface area (Å²) >= 11 is 1.73. The van der Waals surface area contributed by atoms with Crippen LogP contribution in [0.3, 0.4) is 0 Å². The molecule has 0 saturated heterocycles. The molecule has 0 aliphatic rings. The van der Waals surface area contributed by atoms with Crippen molar-refractivity contribution in [3.63, 3.8) is 0 Å². The molecular weight excluding hydrogens is 236 g/mol. The lowest BCUT2D eigenvalue weighted by atomic mass is 10.3. The Labute approximate surface area is 106 Å². The number of aryl methyl sites for hydroxylation is 1. The van der Waals surface area contributed by atoms with Crippen molar-refractivity contribution in [2.45, 2.75) is 20.4 Å². The number of hydrogen-bond donors (Lipinski definition) is 1. The summed E-state index contributed by atoms with van der Waals surface area (Å²) in [6.07, 6.45) is 2.03. The molecule has 0 fully saturated rings. The highest BCUT2D eigenvalue weighted by Gasteiger charge is 2.13. The molecule has 0 aliphatic carbocycles. The minimum atomic E-state index is 0.0599. The molecule has 6 heteroatoms. The van der Waals surface area contributed by atoms with Crippen molar-refractivity contribution in [2.75, 3.05) is 31.3 Å². The second-order valence-electron chi connectivity index (χ2n) is 4.05. The lowest BCUT2D eigenvalue weighted by molar-refractivity contribution is -0.130. The third kappa shape index (κ3) is 3.39. The van der Waals surface area contributed by atoms with E-state index in [1.807, 2.05) is 27.2 Å². The fourth-order valence-electron chi connectivity index (χ4n) is 1.47. The lowest BCUT2D eigenvalue weighted by Crippen LogP contribution is -2.32. The van der Waals surface area contributed by atoms with Gasteiger partial charge >= 0.3 is 0 Å². The molecule has 2 N–H and O–H groups in total. The number of nitrogen functional groups attached to an aromatic ring is 1. The Morgan fingerprint density at radius 2 is 2.18 bits per heavy atom. The molecule has 17 heavy (non-hydrogen) atoms. The zero-order valence-electron chi connectivity index (χ0n) is 10.9. The Kier molecular flexibility index (Phi) is 4.86. The first-order chi connectivity index (χ1) is 7.97. The quantitative estimate of drug-likeness (QED) is 0.850. The van der Waals surface area contributed by atoms with E-state index in [-0.39, 0.29) is 12.5 Å². The van der Waals surface area contributed by atoms with Crippen molar-refractivity contribution in [1.29, 1.82) is 0 Å². The van der Waals surface area contributed by atoms with E-state index in [2.05, 4.69) is 5.10 Å². The summed E-state index contributed by atoms with van der Waals surface area (Å²) in [5, 5.41) is 4.25. The van der Waals surface area contributed by atoms with Crippen molar-refractivity contribution in [1.82, 2.24) is 14.7 Å². The van der Waals surface area contributed by atoms with Gasteiger partial charge < -0.3 is 10.6 Å². The van der Waals surface area contributed by atoms with Crippen molar-refractivity contribution in [3.8, 4) is 0 Å². The molecule has 1 amide bonds. The first kappa shape index (κ1) is 13.9. The minimum Gasteiger partial charge on any atom is -0.396 e. The number of anilines is 1. The summed E-state index contributed by atoms with van der Waals surface area (Å²) in [7, 11) is 1.81. The van der Waals surface area contributed by atoms with Crippen LogP contribution in [0, 0.1) is 13.8 Å². The highest BCUT2D eigenvalue weighted by molar-refractivity contribution is 7.98. The SMILES string of the molecule is CSCCN(C)C(=O)Cn1nc(C)c(N)c1C. The number of rotatable bonds is 5. The molecule has 0 spiro atoms. The molecule has 5 nitrogen and oxygen atoms in total. The van der Waals surface area contributed by atoms with Crippen molar-refractivity contribution >= 4 is 23.4 Å². The van der Waals surface area contributed by atoms with E-state index in [1.54, 1.807) is 21.3 Å². The fraction of sp³-hybridized carbons (Fsp3) is 0.636. The second kappa shape index (κ2) is 5.95. The molecule has 0 aliphatic heterocycles. The molecule has 1 aromatic rings. The Hall–Kier alpha value is -1.17. The highest BCUT2D eigenvalue weighted by atomic mass is 32.2. The average molecular weight is 256 g/mol. The van der Waals surface area contributed by atoms with Gasteiger partial charge in [-0.25, -0.2) is 0 Å². The van der Waals surface area contributed by atoms with Gasteiger partial charge in [0.2, 0.25) is 5.91 Å². The maximum Gasteiger partial charge on any atom is 0.244 e. The van der Waals surface area contributed by atoms with E-state index in [0.29, 0.717) is 5.69 Å². The number of carbonyl (C=O) groups excluding carboxylic acids is 1. The summed E-state index contributed by atoms with van der Waals surface area (Å²) in [4.78, 5) is 13.6. The van der Waals surface area contributed by atoms with E-state index in [1.165, 1.54) is 0 Å². The molecule has 0 atom stereocenters. The Morgan fingerprint density at radius 3 is 2.65 bits per heavy atom. The van der Waals surface area contributed by atoms with Crippen LogP contribution in [0.2, 0.25) is 0 Å². The molecule has 0 bridgehead atoms. The van der Waals surface area contributed by atoms with E-state index in [9.17, 15) is 4.79 Å². The summed E-state index contributed by atoms with van der Waals surface area (Å²) in [5.74, 6) is 1.01. The number of nitrogens with two attached hydrogens (primary N) is 1. The standard InChI is InChI=1S/C11H20N4OS/c1-8-11(12)9(2)15(13-8)7-10(16)14(3)5-6-17-4/h5-7,12H2,1-4H3. The van der Waals surface area contributed by atoms with Crippen LogP contribution in [0.5, 0.6) is 0 Å². The molecule has 1 aromatic heterocycles. The Bertz CT molecular complexity index is 402. The van der Waals surface area contributed by atoms with Crippen LogP contribution >= 0.6 is 11.8 Å². The molecule has 0 radical (unpaired) electrons. The van der Waals surface area contributed by atoms with Crippen molar-refractivity contribution in [2.24, 2.45) is 0 Å². The third-order valence-corrected chi connectivity index (χ3v) is 3.37. The second-order valence-corrected chi connectivity index (χ2v) is 5.04. The van der Waals surface area contributed by atoms with Gasteiger partial charge in [-0.3, -0.25) is 9.48 Å². The highest BCUT2D eigenvalue weighted by Crippen LogP contribution is 2.14. The molecule has 0 aromatic carbocycles. The average Bonchev–Trinajstić information content (AvgIpc) is 2.54. The molecule has 96 valence electrons. The van der Waals surface area contributed by atoms with E-state index >= 15 is 0 Å². The van der Waals surface area contributed by atoms with Gasteiger partial charge in [-0.05, 0) is 20.1 Å². The summed E-state index contributed by atoms with van der Waals surface area (Å²) in [6, 6.07) is 0. The molecule has 0 unspecified atom stereocenters. The molecular formula is C11H20N4OS. The first-order valence-corrected chi connectivity index (χ1v) is 6.89. The maximum atomic E-state index is 11.9. The van der Waals surface area contributed by atoms with Gasteiger partial charge in [0.05, 0.1) is 17.1 Å². The minimum absolute atomic E-state index is 0.0599. The lowest BCUT2D eigenvalue weighted by Gasteiger charge is -2.16. The van der Waals surface area contributed by atoms with Crippen LogP contribution in [0.25, 0.3) is 0 Å². The van der Waals surface area contributed by atoms with Crippen LogP contribution in [-0.4, -0.2) is 46.2 Å². The van der Waals surface area contributed by atoms with Crippen LogP contribution in [-0.2, 0) is 11.3 Å². The van der Waals surface area contributed by atoms with Crippen molar-refractivity contribution < 1.29 is 4.79 Å². The summed E-state index contributed by atoms with van der Waals surface area (Å²) in [5.41, 5.74) is 8.13. The van der Waals surface area contributed by atoms with Crippen LogP contribution in [0.15, 0.2) is 0 Å². The maximum absolute atomic E-state index is 11.9. The molecule has 1 heterocycles. The van der Waals surface area contributed by atoms with Gasteiger partial charge in [-0.1, -0.05) is 0 Å². The Balaban J connectivity index is 2.64. The number of nitrogens with zero attached hydrogens (tertiary/aromatic N) is 3. The molecule has 1 rings (SSSR count). The monoisotopic (exact) mass is 256 g/mol. The Morgan fingerprint density at radius 1 is 1.53 bits per heavy atom. The number of hydrogen-bond acceptors (Lipinski definition) is 4.